The molecule has 10 heteroatoms. The van der Waals surface area contributed by atoms with E-state index in [0.29, 0.717) is 17.8 Å². The molecule has 1 saturated carbocycles. The van der Waals surface area contributed by atoms with Gasteiger partial charge in [-0.25, -0.2) is 9.97 Å². The number of anilines is 2. The molecule has 0 spiro atoms. The normalized spacial score (nSPS) is 17.8. The molecule has 4 rings (SSSR count). The summed E-state index contributed by atoms with van der Waals surface area (Å²) < 4.78 is 7.04. The highest BCUT2D eigenvalue weighted by Gasteiger charge is 2.26. The Kier molecular flexibility index (Phi) is 6.41. The minimum absolute atomic E-state index is 0.0537. The second-order valence-corrected chi connectivity index (χ2v) is 7.71. The first kappa shape index (κ1) is 21.4. The summed E-state index contributed by atoms with van der Waals surface area (Å²) in [6, 6.07) is 7.55. The lowest BCUT2D eigenvalue weighted by Crippen LogP contribution is -2.33. The summed E-state index contributed by atoms with van der Waals surface area (Å²) in [4.78, 5) is 32.8. The number of methoxy groups -OCH3 is 1. The molecule has 0 aliphatic heterocycles. The molecule has 2 amide bonds. The lowest BCUT2D eigenvalue weighted by atomic mass is 10.1. The van der Waals surface area contributed by atoms with Gasteiger partial charge >= 0.3 is 0 Å². The smallest absolute Gasteiger partial charge is 0.278 e. The summed E-state index contributed by atoms with van der Waals surface area (Å²) in [5.74, 6) is -0.497. The van der Waals surface area contributed by atoms with E-state index in [1.807, 2.05) is 18.2 Å². The van der Waals surface area contributed by atoms with Gasteiger partial charge in [-0.3, -0.25) is 14.3 Å². The molecule has 4 N–H and O–H groups in total. The van der Waals surface area contributed by atoms with Gasteiger partial charge in [-0.2, -0.15) is 5.10 Å². The molecule has 0 saturated heterocycles. The minimum atomic E-state index is -0.462. The van der Waals surface area contributed by atoms with Crippen molar-refractivity contribution in [3.63, 3.8) is 0 Å². The van der Waals surface area contributed by atoms with Crippen LogP contribution in [-0.2, 0) is 11.3 Å². The quantitative estimate of drug-likeness (QED) is 0.515. The van der Waals surface area contributed by atoms with Crippen molar-refractivity contribution in [2.75, 3.05) is 18.2 Å². The molecule has 0 radical (unpaired) electrons. The van der Waals surface area contributed by atoms with Gasteiger partial charge in [0.2, 0.25) is 0 Å². The summed E-state index contributed by atoms with van der Waals surface area (Å²) in [5.41, 5.74) is 7.76. The zero-order valence-electron chi connectivity index (χ0n) is 17.7. The van der Waals surface area contributed by atoms with Crippen molar-refractivity contribution in [1.82, 2.24) is 25.1 Å². The van der Waals surface area contributed by atoms with E-state index in [1.54, 1.807) is 24.1 Å². The Morgan fingerprint density at radius 2 is 2.06 bits per heavy atom. The van der Waals surface area contributed by atoms with Gasteiger partial charge in [-0.15, -0.1) is 0 Å². The van der Waals surface area contributed by atoms with Crippen molar-refractivity contribution in [3.8, 4) is 0 Å². The van der Waals surface area contributed by atoms with Crippen LogP contribution in [0.15, 0.2) is 49.1 Å². The Balaban J connectivity index is 1.37. The maximum absolute atomic E-state index is 12.6. The van der Waals surface area contributed by atoms with Gasteiger partial charge in [-0.1, -0.05) is 12.1 Å². The fraction of sp³-hybridized carbons (Fsp3) is 0.318. The van der Waals surface area contributed by atoms with Crippen molar-refractivity contribution in [1.29, 1.82) is 0 Å². The summed E-state index contributed by atoms with van der Waals surface area (Å²) >= 11 is 0. The first-order valence-corrected chi connectivity index (χ1v) is 10.3. The fourth-order valence-corrected chi connectivity index (χ4v) is 3.78. The van der Waals surface area contributed by atoms with Crippen molar-refractivity contribution in [3.05, 3.63) is 65.9 Å². The Labute approximate surface area is 185 Å². The molecule has 10 nitrogen and oxygen atoms in total. The Hall–Kier alpha value is -3.79. The van der Waals surface area contributed by atoms with Crippen molar-refractivity contribution < 1.29 is 14.3 Å². The number of aromatic nitrogens is 4. The second kappa shape index (κ2) is 9.56. The van der Waals surface area contributed by atoms with Crippen LogP contribution in [0, 0.1) is 0 Å². The molecule has 1 aliphatic carbocycles. The van der Waals surface area contributed by atoms with E-state index < -0.39 is 5.91 Å². The number of amides is 2. The standard InChI is InChI=1S/C22H25N7O3/c1-32-18-6-5-16(10-18)27-21(30)15-4-2-3-14(9-15)12-29-13-17(11-26-29)28-22(31)19-20(23)25-8-7-24-19/h2-4,7-9,11,13,16,18H,5-6,10,12H2,1H3,(H2,23,25)(H,27,30)(H,28,31)/t16?,18-/m0/s1. The molecule has 1 fully saturated rings. The van der Waals surface area contributed by atoms with Gasteiger partial charge in [0.1, 0.15) is 0 Å². The molecule has 166 valence electrons. The molecule has 1 aliphatic rings. The predicted molar refractivity (Wildman–Crippen MR) is 118 cm³/mol. The Bertz CT molecular complexity index is 1110. The number of rotatable bonds is 7. The van der Waals surface area contributed by atoms with Crippen LogP contribution in [0.4, 0.5) is 11.5 Å². The third kappa shape index (κ3) is 5.09. The molecular formula is C22H25N7O3. The maximum atomic E-state index is 12.6. The number of carbonyl (C=O) groups excluding carboxylic acids is 2. The summed E-state index contributed by atoms with van der Waals surface area (Å²) in [5, 5.41) is 10.1. The number of ether oxygens (including phenoxy) is 1. The zero-order valence-corrected chi connectivity index (χ0v) is 17.7. The number of benzene rings is 1. The number of nitrogen functional groups attached to an aromatic ring is 1. The molecule has 2 heterocycles. The van der Waals surface area contributed by atoms with Crippen molar-refractivity contribution in [2.45, 2.75) is 38.0 Å². The zero-order chi connectivity index (χ0) is 22.5. The van der Waals surface area contributed by atoms with E-state index in [1.165, 1.54) is 18.6 Å². The highest BCUT2D eigenvalue weighted by molar-refractivity contribution is 6.05. The van der Waals surface area contributed by atoms with Crippen molar-refractivity contribution >= 4 is 23.3 Å². The number of nitrogens with zero attached hydrogens (tertiary/aromatic N) is 4. The highest BCUT2D eigenvalue weighted by atomic mass is 16.5. The van der Waals surface area contributed by atoms with E-state index in [0.717, 1.165) is 24.8 Å². The Morgan fingerprint density at radius 3 is 2.84 bits per heavy atom. The SMILES string of the molecule is CO[C@H]1CCC(NC(=O)c2cccc(Cn3cc(NC(=O)c4nccnc4N)cn3)c2)C1. The summed E-state index contributed by atoms with van der Waals surface area (Å²) in [7, 11) is 1.70. The van der Waals surface area contributed by atoms with Gasteiger partial charge in [0, 0.05) is 37.3 Å². The van der Waals surface area contributed by atoms with E-state index >= 15 is 0 Å². The van der Waals surface area contributed by atoms with Gasteiger partial charge < -0.3 is 21.1 Å². The van der Waals surface area contributed by atoms with Gasteiger partial charge in [0.25, 0.3) is 11.8 Å². The van der Waals surface area contributed by atoms with E-state index in [4.69, 9.17) is 10.5 Å². The molecular weight excluding hydrogens is 410 g/mol. The lowest BCUT2D eigenvalue weighted by molar-refractivity contribution is 0.0914. The molecule has 3 aromatic rings. The van der Waals surface area contributed by atoms with Gasteiger partial charge in [-0.05, 0) is 37.0 Å². The number of nitrogens with two attached hydrogens (primary N) is 1. The Morgan fingerprint density at radius 1 is 1.22 bits per heavy atom. The lowest BCUT2D eigenvalue weighted by Gasteiger charge is -2.13. The fourth-order valence-electron chi connectivity index (χ4n) is 3.78. The highest BCUT2D eigenvalue weighted by Crippen LogP contribution is 2.22. The third-order valence-electron chi connectivity index (χ3n) is 5.42. The average molecular weight is 435 g/mol. The van der Waals surface area contributed by atoms with E-state index in [-0.39, 0.29) is 29.6 Å². The predicted octanol–water partition coefficient (Wildman–Crippen LogP) is 1.85. The maximum Gasteiger partial charge on any atom is 0.278 e. The minimum Gasteiger partial charge on any atom is -0.382 e. The number of hydrogen-bond acceptors (Lipinski definition) is 7. The van der Waals surface area contributed by atoms with Crippen LogP contribution in [0.5, 0.6) is 0 Å². The molecule has 0 bridgehead atoms. The molecule has 2 atom stereocenters. The van der Waals surface area contributed by atoms with E-state index in [2.05, 4.69) is 25.7 Å². The second-order valence-electron chi connectivity index (χ2n) is 7.71. The number of carbonyl (C=O) groups is 2. The van der Waals surface area contributed by atoms with Crippen molar-refractivity contribution in [2.24, 2.45) is 0 Å². The van der Waals surface area contributed by atoms with Crippen LogP contribution in [0.3, 0.4) is 0 Å². The topological polar surface area (TPSA) is 137 Å². The molecule has 32 heavy (non-hydrogen) atoms. The van der Waals surface area contributed by atoms with Crippen LogP contribution >= 0.6 is 0 Å². The van der Waals surface area contributed by atoms with Crippen LogP contribution in [0.2, 0.25) is 0 Å². The summed E-state index contributed by atoms with van der Waals surface area (Å²) in [6.45, 7) is 0.444. The molecule has 1 unspecified atom stereocenters. The average Bonchev–Trinajstić information content (AvgIpc) is 3.43. The molecule has 2 aromatic heterocycles. The number of nitrogens with one attached hydrogen (secondary N) is 2. The van der Waals surface area contributed by atoms with Gasteiger partial charge in [0.15, 0.2) is 11.5 Å². The first-order chi connectivity index (χ1) is 15.5. The van der Waals surface area contributed by atoms with Crippen LogP contribution in [-0.4, -0.2) is 50.8 Å². The first-order valence-electron chi connectivity index (χ1n) is 10.3. The largest absolute Gasteiger partial charge is 0.382 e. The van der Waals surface area contributed by atoms with Crippen LogP contribution in [0.1, 0.15) is 45.7 Å². The summed E-state index contributed by atoms with van der Waals surface area (Å²) in [6.07, 6.45) is 8.99. The van der Waals surface area contributed by atoms with Crippen LogP contribution < -0.4 is 16.4 Å². The van der Waals surface area contributed by atoms with E-state index in [9.17, 15) is 9.59 Å². The number of hydrogen-bond donors (Lipinski definition) is 3. The monoisotopic (exact) mass is 435 g/mol. The third-order valence-corrected chi connectivity index (χ3v) is 5.42. The van der Waals surface area contributed by atoms with Crippen LogP contribution in [0.25, 0.3) is 0 Å². The van der Waals surface area contributed by atoms with Gasteiger partial charge in [0.05, 0.1) is 24.5 Å². The molecule has 1 aromatic carbocycles.